The summed E-state index contributed by atoms with van der Waals surface area (Å²) in [6.45, 7) is 4.23. The number of benzene rings is 3. The fourth-order valence-electron chi connectivity index (χ4n) is 2.78. The van der Waals surface area contributed by atoms with Gasteiger partial charge in [-0.2, -0.15) is 0 Å². The molecule has 0 fully saturated rings. The second-order valence-electron chi connectivity index (χ2n) is 5.41. The first-order valence-corrected chi connectivity index (χ1v) is 6.97. The van der Waals surface area contributed by atoms with Gasteiger partial charge in [-0.3, -0.25) is 0 Å². The van der Waals surface area contributed by atoms with Crippen LogP contribution in [0.4, 0.5) is 0 Å². The number of hydrogen-bond acceptors (Lipinski definition) is 1. The van der Waals surface area contributed by atoms with Crippen LogP contribution in [0.2, 0.25) is 0 Å². The summed E-state index contributed by atoms with van der Waals surface area (Å²) in [5.41, 5.74) is 11.5. The van der Waals surface area contributed by atoms with Crippen LogP contribution in [-0.4, -0.2) is 0 Å². The third-order valence-corrected chi connectivity index (χ3v) is 3.93. The highest BCUT2D eigenvalue weighted by molar-refractivity contribution is 5.86. The highest BCUT2D eigenvalue weighted by Gasteiger charge is 2.14. The van der Waals surface area contributed by atoms with Crippen molar-refractivity contribution in [3.05, 3.63) is 82.9 Å². The van der Waals surface area contributed by atoms with Crippen molar-refractivity contribution < 1.29 is 0 Å². The largest absolute Gasteiger partial charge is 0.320 e. The smallest absolute Gasteiger partial charge is 0.0560 e. The summed E-state index contributed by atoms with van der Waals surface area (Å²) >= 11 is 0. The molecule has 3 aromatic rings. The molecule has 0 bridgehead atoms. The van der Waals surface area contributed by atoms with Gasteiger partial charge in [0.25, 0.3) is 0 Å². The van der Waals surface area contributed by atoms with Crippen molar-refractivity contribution in [2.24, 2.45) is 5.73 Å². The van der Waals surface area contributed by atoms with E-state index in [-0.39, 0.29) is 6.04 Å². The van der Waals surface area contributed by atoms with Crippen LogP contribution in [0.1, 0.15) is 28.3 Å². The molecule has 3 aromatic carbocycles. The molecule has 2 N–H and O–H groups in total. The van der Waals surface area contributed by atoms with E-state index in [1.165, 1.54) is 33.0 Å². The molecular weight excluding hydrogens is 242 g/mol. The van der Waals surface area contributed by atoms with E-state index in [2.05, 4.69) is 74.5 Å². The predicted molar refractivity (Wildman–Crippen MR) is 85.9 cm³/mol. The van der Waals surface area contributed by atoms with E-state index < -0.39 is 0 Å². The Bertz CT molecular complexity index is 753. The summed E-state index contributed by atoms with van der Waals surface area (Å²) in [7, 11) is 0. The van der Waals surface area contributed by atoms with Crippen LogP contribution in [0.15, 0.2) is 60.7 Å². The minimum Gasteiger partial charge on any atom is -0.320 e. The van der Waals surface area contributed by atoms with Gasteiger partial charge >= 0.3 is 0 Å². The summed E-state index contributed by atoms with van der Waals surface area (Å²) in [5, 5.41) is 2.48. The molecule has 0 amide bonds. The number of rotatable bonds is 2. The topological polar surface area (TPSA) is 26.0 Å². The highest BCUT2D eigenvalue weighted by atomic mass is 14.6. The van der Waals surface area contributed by atoms with Gasteiger partial charge in [0.15, 0.2) is 0 Å². The summed E-state index contributed by atoms with van der Waals surface area (Å²) in [6.07, 6.45) is 0. The standard InChI is InChI=1S/C19H19N/c1-13-10-11-14(2)18(12-13)19(20)17-9-5-7-15-6-3-4-8-16(15)17/h3-12,19H,20H2,1-2H3. The van der Waals surface area contributed by atoms with Gasteiger partial charge in [0.05, 0.1) is 6.04 Å². The van der Waals surface area contributed by atoms with Gasteiger partial charge in [-0.25, -0.2) is 0 Å². The second-order valence-corrected chi connectivity index (χ2v) is 5.41. The summed E-state index contributed by atoms with van der Waals surface area (Å²) in [6, 6.07) is 21.2. The number of nitrogens with two attached hydrogens (primary N) is 1. The molecule has 0 saturated carbocycles. The van der Waals surface area contributed by atoms with Crippen molar-refractivity contribution in [1.29, 1.82) is 0 Å². The average molecular weight is 261 g/mol. The Kier molecular flexibility index (Phi) is 3.29. The van der Waals surface area contributed by atoms with Crippen molar-refractivity contribution in [3.63, 3.8) is 0 Å². The molecule has 1 heteroatoms. The van der Waals surface area contributed by atoms with E-state index in [0.717, 1.165) is 0 Å². The molecule has 0 saturated heterocycles. The predicted octanol–water partition coefficient (Wildman–Crippen LogP) is 4.50. The summed E-state index contributed by atoms with van der Waals surface area (Å²) in [4.78, 5) is 0. The van der Waals surface area contributed by atoms with Gasteiger partial charge in [-0.05, 0) is 41.3 Å². The van der Waals surface area contributed by atoms with Crippen LogP contribution in [0.3, 0.4) is 0 Å². The third-order valence-electron chi connectivity index (χ3n) is 3.93. The maximum Gasteiger partial charge on any atom is 0.0560 e. The van der Waals surface area contributed by atoms with E-state index in [0.29, 0.717) is 0 Å². The Hall–Kier alpha value is -2.12. The molecule has 1 unspecified atom stereocenters. The number of fused-ring (bicyclic) bond motifs is 1. The quantitative estimate of drug-likeness (QED) is 0.722. The molecule has 0 aliphatic heterocycles. The molecule has 3 rings (SSSR count). The number of aryl methyl sites for hydroxylation is 2. The van der Waals surface area contributed by atoms with Crippen molar-refractivity contribution >= 4 is 10.8 Å². The first kappa shape index (κ1) is 12.9. The summed E-state index contributed by atoms with van der Waals surface area (Å²) < 4.78 is 0. The monoisotopic (exact) mass is 261 g/mol. The van der Waals surface area contributed by atoms with Crippen LogP contribution < -0.4 is 5.73 Å². The fraction of sp³-hybridized carbons (Fsp3) is 0.158. The summed E-state index contributed by atoms with van der Waals surface area (Å²) in [5.74, 6) is 0. The van der Waals surface area contributed by atoms with Crippen LogP contribution in [0.5, 0.6) is 0 Å². The molecule has 0 aliphatic carbocycles. The van der Waals surface area contributed by atoms with Gasteiger partial charge in [0, 0.05) is 0 Å². The van der Waals surface area contributed by atoms with Gasteiger partial charge in [-0.15, -0.1) is 0 Å². The zero-order chi connectivity index (χ0) is 14.1. The normalized spacial score (nSPS) is 12.6. The molecule has 0 aromatic heterocycles. The van der Waals surface area contributed by atoms with Crippen LogP contribution in [-0.2, 0) is 0 Å². The lowest BCUT2D eigenvalue weighted by Gasteiger charge is -2.18. The zero-order valence-corrected chi connectivity index (χ0v) is 11.9. The lowest BCUT2D eigenvalue weighted by molar-refractivity contribution is 0.868. The average Bonchev–Trinajstić information content (AvgIpc) is 2.48. The molecule has 0 heterocycles. The number of hydrogen-bond donors (Lipinski definition) is 1. The Morgan fingerprint density at radius 1 is 0.800 bits per heavy atom. The molecule has 1 atom stereocenters. The molecule has 0 aliphatic rings. The van der Waals surface area contributed by atoms with Gasteiger partial charge in [-0.1, -0.05) is 66.2 Å². The zero-order valence-electron chi connectivity index (χ0n) is 11.9. The lowest BCUT2D eigenvalue weighted by atomic mass is 9.91. The van der Waals surface area contributed by atoms with Crippen LogP contribution in [0.25, 0.3) is 10.8 Å². The Morgan fingerprint density at radius 2 is 1.55 bits per heavy atom. The third kappa shape index (κ3) is 2.21. The van der Waals surface area contributed by atoms with Gasteiger partial charge in [0.1, 0.15) is 0 Å². The minimum absolute atomic E-state index is 0.0824. The first-order valence-electron chi connectivity index (χ1n) is 6.97. The second kappa shape index (κ2) is 5.10. The van der Waals surface area contributed by atoms with Crippen molar-refractivity contribution in [3.8, 4) is 0 Å². The molecule has 0 spiro atoms. The molecule has 100 valence electrons. The fourth-order valence-corrected chi connectivity index (χ4v) is 2.78. The van der Waals surface area contributed by atoms with Gasteiger partial charge < -0.3 is 5.73 Å². The molecular formula is C19H19N. The van der Waals surface area contributed by atoms with E-state index >= 15 is 0 Å². The van der Waals surface area contributed by atoms with E-state index in [1.807, 2.05) is 0 Å². The molecule has 20 heavy (non-hydrogen) atoms. The maximum absolute atomic E-state index is 6.55. The SMILES string of the molecule is Cc1ccc(C)c(C(N)c2cccc3ccccc23)c1. The van der Waals surface area contributed by atoms with Crippen LogP contribution in [0, 0.1) is 13.8 Å². The Morgan fingerprint density at radius 3 is 2.40 bits per heavy atom. The van der Waals surface area contributed by atoms with Crippen molar-refractivity contribution in [2.75, 3.05) is 0 Å². The van der Waals surface area contributed by atoms with E-state index in [1.54, 1.807) is 0 Å². The minimum atomic E-state index is -0.0824. The molecule has 1 nitrogen and oxygen atoms in total. The Balaban J connectivity index is 2.17. The van der Waals surface area contributed by atoms with Gasteiger partial charge in [0.2, 0.25) is 0 Å². The van der Waals surface area contributed by atoms with Crippen LogP contribution >= 0.6 is 0 Å². The first-order chi connectivity index (χ1) is 9.66. The van der Waals surface area contributed by atoms with E-state index in [9.17, 15) is 0 Å². The van der Waals surface area contributed by atoms with E-state index in [4.69, 9.17) is 5.73 Å². The lowest BCUT2D eigenvalue weighted by Crippen LogP contribution is -2.14. The highest BCUT2D eigenvalue weighted by Crippen LogP contribution is 2.29. The Labute approximate surface area is 120 Å². The molecule has 0 radical (unpaired) electrons. The maximum atomic E-state index is 6.55. The van der Waals surface area contributed by atoms with Crippen molar-refractivity contribution in [1.82, 2.24) is 0 Å². The van der Waals surface area contributed by atoms with Crippen molar-refractivity contribution in [2.45, 2.75) is 19.9 Å².